The summed E-state index contributed by atoms with van der Waals surface area (Å²) in [4.78, 5) is 0. The zero-order chi connectivity index (χ0) is 5.11. The standard InChI is InChI=1S/C7H12.2Y/c1-7-5-3-2-4-6-7;;/h3,6-7H,2,4-5H2,1H3;;/q-2;;. The van der Waals surface area contributed by atoms with E-state index in [0.29, 0.717) is 0 Å². The van der Waals surface area contributed by atoms with Gasteiger partial charge in [-0.05, 0) is 0 Å². The van der Waals surface area contributed by atoms with Crippen molar-refractivity contribution in [2.24, 2.45) is 5.92 Å². The summed E-state index contributed by atoms with van der Waals surface area (Å²) in [5, 5.41) is 0. The van der Waals surface area contributed by atoms with Crippen LogP contribution in [-0.4, -0.2) is 0 Å². The monoisotopic (exact) mass is 274 g/mol. The van der Waals surface area contributed by atoms with Crippen LogP contribution in [0.1, 0.15) is 26.2 Å². The summed E-state index contributed by atoms with van der Waals surface area (Å²) in [7, 11) is 0. The molecule has 0 aromatic rings. The molecule has 0 bridgehead atoms. The van der Waals surface area contributed by atoms with Crippen LogP contribution >= 0.6 is 0 Å². The minimum Gasteiger partial charge on any atom is -0.333 e. The average Bonchev–Trinajstić information content (AvgIpc) is 1.69. The van der Waals surface area contributed by atoms with Gasteiger partial charge in [-0.15, -0.1) is 0 Å². The molecular formula is C7H12Y2-2. The first-order chi connectivity index (χ1) is 3.39. The molecule has 1 unspecified atom stereocenters. The molecule has 1 atom stereocenters. The van der Waals surface area contributed by atoms with Gasteiger partial charge in [-0.1, -0.05) is 6.92 Å². The Morgan fingerprint density at radius 2 is 1.89 bits per heavy atom. The van der Waals surface area contributed by atoms with Crippen LogP contribution in [0.2, 0.25) is 0 Å². The Labute approximate surface area is 109 Å². The molecule has 1 saturated carbocycles. The third kappa shape index (κ3) is 6.60. The summed E-state index contributed by atoms with van der Waals surface area (Å²) in [6.45, 7) is 2.27. The second-order valence-electron chi connectivity index (χ2n) is 2.31. The van der Waals surface area contributed by atoms with Gasteiger partial charge in [0.15, 0.2) is 0 Å². The minimum absolute atomic E-state index is 0. The van der Waals surface area contributed by atoms with Crippen LogP contribution in [0.3, 0.4) is 0 Å². The van der Waals surface area contributed by atoms with Crippen molar-refractivity contribution in [3.8, 4) is 0 Å². The third-order valence-corrected chi connectivity index (χ3v) is 1.48. The quantitative estimate of drug-likeness (QED) is 0.594. The Balaban J connectivity index is 0. The summed E-state index contributed by atoms with van der Waals surface area (Å²) in [5.41, 5.74) is 0. The van der Waals surface area contributed by atoms with E-state index in [1.54, 1.807) is 0 Å². The van der Waals surface area contributed by atoms with Crippen molar-refractivity contribution in [3.63, 3.8) is 0 Å². The molecule has 9 heavy (non-hydrogen) atoms. The molecule has 2 radical (unpaired) electrons. The normalized spacial score (nSPS) is 25.7. The van der Waals surface area contributed by atoms with Crippen LogP contribution in [0.4, 0.5) is 0 Å². The Hall–Kier alpha value is 2.21. The van der Waals surface area contributed by atoms with Crippen LogP contribution in [0.15, 0.2) is 0 Å². The Morgan fingerprint density at radius 3 is 2.11 bits per heavy atom. The Kier molecular flexibility index (Phi) is 12.7. The van der Waals surface area contributed by atoms with Crippen molar-refractivity contribution in [2.45, 2.75) is 26.2 Å². The molecule has 0 aromatic carbocycles. The van der Waals surface area contributed by atoms with Crippen LogP contribution in [0, 0.1) is 18.8 Å². The van der Waals surface area contributed by atoms with E-state index in [4.69, 9.17) is 0 Å². The van der Waals surface area contributed by atoms with Gasteiger partial charge in [-0.2, -0.15) is 5.92 Å². The zero-order valence-electron chi connectivity index (χ0n) is 6.01. The molecule has 2 heteroatoms. The Morgan fingerprint density at radius 1 is 1.22 bits per heavy atom. The van der Waals surface area contributed by atoms with E-state index in [1.165, 1.54) is 19.3 Å². The molecule has 0 spiro atoms. The number of rotatable bonds is 0. The van der Waals surface area contributed by atoms with Crippen LogP contribution in [0.25, 0.3) is 0 Å². The van der Waals surface area contributed by atoms with Gasteiger partial charge in [0.05, 0.1) is 0 Å². The molecule has 0 saturated heterocycles. The molecule has 0 heterocycles. The molecule has 0 amide bonds. The average molecular weight is 274 g/mol. The van der Waals surface area contributed by atoms with Crippen molar-refractivity contribution < 1.29 is 65.4 Å². The summed E-state index contributed by atoms with van der Waals surface area (Å²) >= 11 is 0. The van der Waals surface area contributed by atoms with Gasteiger partial charge in [-0.25, -0.2) is 19.3 Å². The van der Waals surface area contributed by atoms with E-state index < -0.39 is 0 Å². The van der Waals surface area contributed by atoms with Crippen molar-refractivity contribution in [2.75, 3.05) is 0 Å². The Bertz CT molecular complexity index is 48.9. The fourth-order valence-electron chi connectivity index (χ4n) is 0.976. The van der Waals surface area contributed by atoms with Crippen LogP contribution in [-0.2, 0) is 65.4 Å². The summed E-state index contributed by atoms with van der Waals surface area (Å²) in [6.07, 6.45) is 8.70. The van der Waals surface area contributed by atoms with Crippen molar-refractivity contribution >= 4 is 0 Å². The minimum atomic E-state index is 0. The molecule has 1 aliphatic carbocycles. The van der Waals surface area contributed by atoms with Gasteiger partial charge in [0.25, 0.3) is 0 Å². The molecule has 1 rings (SSSR count). The number of hydrogen-bond donors (Lipinski definition) is 0. The second-order valence-corrected chi connectivity index (χ2v) is 2.31. The van der Waals surface area contributed by atoms with Crippen LogP contribution in [0.5, 0.6) is 0 Å². The topological polar surface area (TPSA) is 0 Å². The van der Waals surface area contributed by atoms with E-state index in [9.17, 15) is 0 Å². The first-order valence-electron chi connectivity index (χ1n) is 3.04. The van der Waals surface area contributed by atoms with Gasteiger partial charge in [0.2, 0.25) is 0 Å². The van der Waals surface area contributed by atoms with Crippen molar-refractivity contribution in [3.05, 3.63) is 12.8 Å². The maximum Gasteiger partial charge on any atom is 0 e. The largest absolute Gasteiger partial charge is 0.333 e. The molecule has 1 aliphatic rings. The predicted molar refractivity (Wildman–Crippen MR) is 31.6 cm³/mol. The van der Waals surface area contributed by atoms with E-state index in [-0.39, 0.29) is 65.4 Å². The van der Waals surface area contributed by atoms with E-state index in [2.05, 4.69) is 19.8 Å². The number of hydrogen-bond acceptors (Lipinski definition) is 0. The fourth-order valence-corrected chi connectivity index (χ4v) is 0.976. The molecule has 1 fully saturated rings. The molecule has 0 aromatic heterocycles. The summed E-state index contributed by atoms with van der Waals surface area (Å²) in [6, 6.07) is 0. The van der Waals surface area contributed by atoms with Gasteiger partial charge in [-0.3, -0.25) is 0 Å². The van der Waals surface area contributed by atoms with E-state index >= 15 is 0 Å². The predicted octanol–water partition coefficient (Wildman–Crippen LogP) is 2.21. The van der Waals surface area contributed by atoms with Gasteiger partial charge >= 0.3 is 0 Å². The van der Waals surface area contributed by atoms with Crippen molar-refractivity contribution in [1.29, 1.82) is 0 Å². The fraction of sp³-hybridized carbons (Fsp3) is 0.714. The van der Waals surface area contributed by atoms with Gasteiger partial charge < -0.3 is 12.8 Å². The second kappa shape index (κ2) is 8.31. The zero-order valence-corrected chi connectivity index (χ0v) is 11.7. The van der Waals surface area contributed by atoms with Gasteiger partial charge in [0, 0.05) is 65.4 Å². The maximum absolute atomic E-state index is 2.40. The molecule has 0 aliphatic heterocycles. The molecular weight excluding hydrogens is 262 g/mol. The van der Waals surface area contributed by atoms with E-state index in [0.717, 1.165) is 5.92 Å². The smallest absolute Gasteiger partial charge is 0 e. The summed E-state index contributed by atoms with van der Waals surface area (Å²) in [5.74, 6) is 0.855. The first-order valence-corrected chi connectivity index (χ1v) is 3.04. The summed E-state index contributed by atoms with van der Waals surface area (Å²) < 4.78 is 0. The first kappa shape index (κ1) is 13.8. The van der Waals surface area contributed by atoms with Crippen molar-refractivity contribution in [1.82, 2.24) is 0 Å². The SMILES string of the molecule is CC1[CH-]CC[CH-]C1.[Y].[Y]. The molecule has 0 nitrogen and oxygen atoms in total. The molecule has 48 valence electrons. The molecule has 0 N–H and O–H groups in total. The van der Waals surface area contributed by atoms with E-state index in [1.807, 2.05) is 0 Å². The third-order valence-electron chi connectivity index (χ3n) is 1.48. The maximum atomic E-state index is 2.40. The van der Waals surface area contributed by atoms with Gasteiger partial charge in [0.1, 0.15) is 0 Å². The van der Waals surface area contributed by atoms with Crippen LogP contribution < -0.4 is 0 Å².